The van der Waals surface area contributed by atoms with E-state index in [-0.39, 0.29) is 18.7 Å². The van der Waals surface area contributed by atoms with E-state index in [9.17, 15) is 14.7 Å². The second-order valence-electron chi connectivity index (χ2n) is 6.14. The van der Waals surface area contributed by atoms with Gasteiger partial charge in [0.2, 0.25) is 0 Å². The first-order valence-corrected chi connectivity index (χ1v) is 8.22. The fourth-order valence-corrected chi connectivity index (χ4v) is 3.17. The van der Waals surface area contributed by atoms with Crippen LogP contribution >= 0.6 is 0 Å². The topological polar surface area (TPSA) is 88.3 Å². The Morgan fingerprint density at radius 2 is 1.69 bits per heavy atom. The zero-order valence-electron chi connectivity index (χ0n) is 13.8. The molecular formula is C19H16N4O3. The lowest BCUT2D eigenvalue weighted by Gasteiger charge is -2.33. The Morgan fingerprint density at radius 3 is 2.42 bits per heavy atom. The van der Waals surface area contributed by atoms with E-state index in [4.69, 9.17) is 0 Å². The summed E-state index contributed by atoms with van der Waals surface area (Å²) >= 11 is 0. The fraction of sp³-hybridized carbons (Fsp3) is 0.158. The molecule has 1 aliphatic rings. The van der Waals surface area contributed by atoms with Crippen LogP contribution in [0.4, 0.5) is 0 Å². The molecule has 7 nitrogen and oxygen atoms in total. The molecule has 1 amide bonds. The van der Waals surface area contributed by atoms with E-state index in [1.54, 1.807) is 0 Å². The van der Waals surface area contributed by atoms with E-state index < -0.39 is 17.9 Å². The molecule has 0 radical (unpaired) electrons. The third-order valence-corrected chi connectivity index (χ3v) is 4.53. The number of carboxylic acids is 1. The highest BCUT2D eigenvalue weighted by Gasteiger charge is 2.35. The minimum atomic E-state index is -1.02. The van der Waals surface area contributed by atoms with Crippen LogP contribution in [0.5, 0.6) is 0 Å². The number of nitrogens with zero attached hydrogens (tertiary/aromatic N) is 4. The zero-order valence-corrected chi connectivity index (χ0v) is 13.8. The summed E-state index contributed by atoms with van der Waals surface area (Å²) in [4.78, 5) is 26.0. The third kappa shape index (κ3) is 2.83. The molecule has 0 bridgehead atoms. The van der Waals surface area contributed by atoms with Gasteiger partial charge in [-0.05, 0) is 23.3 Å². The lowest BCUT2D eigenvalue weighted by molar-refractivity contribution is -0.142. The molecule has 130 valence electrons. The van der Waals surface area contributed by atoms with Crippen LogP contribution in [-0.2, 0) is 17.8 Å². The molecule has 2 aromatic carbocycles. The molecule has 0 spiro atoms. The summed E-state index contributed by atoms with van der Waals surface area (Å²) in [5.74, 6) is -1.46. The highest BCUT2D eigenvalue weighted by atomic mass is 16.4. The first-order valence-electron chi connectivity index (χ1n) is 8.22. The van der Waals surface area contributed by atoms with Gasteiger partial charge in [-0.25, -0.2) is 9.48 Å². The van der Waals surface area contributed by atoms with Gasteiger partial charge in [0, 0.05) is 13.0 Å². The molecule has 2 heterocycles. The summed E-state index contributed by atoms with van der Waals surface area (Å²) in [5.41, 5.74) is 2.81. The minimum absolute atomic E-state index is 0.125. The molecule has 0 fully saturated rings. The first-order chi connectivity index (χ1) is 12.6. The van der Waals surface area contributed by atoms with Gasteiger partial charge in [0.25, 0.3) is 5.91 Å². The van der Waals surface area contributed by atoms with E-state index in [1.165, 1.54) is 15.8 Å². The van der Waals surface area contributed by atoms with Crippen molar-refractivity contribution < 1.29 is 14.7 Å². The summed E-state index contributed by atoms with van der Waals surface area (Å²) in [6, 6.07) is 16.0. The number of carboxylic acid groups (broad SMARTS) is 1. The maximum atomic E-state index is 12.9. The predicted molar refractivity (Wildman–Crippen MR) is 92.8 cm³/mol. The van der Waals surface area contributed by atoms with Gasteiger partial charge in [0.1, 0.15) is 6.04 Å². The van der Waals surface area contributed by atoms with E-state index in [2.05, 4.69) is 10.3 Å². The molecule has 4 rings (SSSR count). The van der Waals surface area contributed by atoms with Crippen molar-refractivity contribution in [2.24, 2.45) is 0 Å². The van der Waals surface area contributed by atoms with Gasteiger partial charge in [0.05, 0.1) is 11.9 Å². The van der Waals surface area contributed by atoms with Crippen LogP contribution in [0.1, 0.15) is 21.6 Å². The number of hydrogen-bond acceptors (Lipinski definition) is 4. The summed E-state index contributed by atoms with van der Waals surface area (Å²) in [7, 11) is 0. The summed E-state index contributed by atoms with van der Waals surface area (Å²) in [6.07, 6.45) is 1.81. The second kappa shape index (κ2) is 6.44. The highest BCUT2D eigenvalue weighted by molar-refractivity contribution is 5.95. The van der Waals surface area contributed by atoms with Crippen molar-refractivity contribution in [2.75, 3.05) is 0 Å². The van der Waals surface area contributed by atoms with Crippen LogP contribution < -0.4 is 0 Å². The smallest absolute Gasteiger partial charge is 0.326 e. The lowest BCUT2D eigenvalue weighted by Crippen LogP contribution is -2.48. The molecule has 0 aliphatic carbocycles. The summed E-state index contributed by atoms with van der Waals surface area (Å²) < 4.78 is 1.50. The zero-order chi connectivity index (χ0) is 18.1. The number of benzene rings is 2. The Hall–Kier alpha value is -3.48. The predicted octanol–water partition coefficient (Wildman–Crippen LogP) is 1.92. The largest absolute Gasteiger partial charge is 0.480 e. The van der Waals surface area contributed by atoms with Crippen LogP contribution in [0.15, 0.2) is 60.8 Å². The number of aliphatic carboxylic acids is 1. The monoisotopic (exact) mass is 348 g/mol. The maximum Gasteiger partial charge on any atom is 0.326 e. The van der Waals surface area contributed by atoms with Gasteiger partial charge in [-0.2, -0.15) is 0 Å². The quantitative estimate of drug-likeness (QED) is 0.781. The normalized spacial score (nSPS) is 16.2. The SMILES string of the molecule is O=C(O)C1Cc2ccccc2CN1C(=O)c1cn(-c2ccccc2)nn1. The minimum Gasteiger partial charge on any atom is -0.480 e. The van der Waals surface area contributed by atoms with Crippen molar-refractivity contribution in [1.82, 2.24) is 19.9 Å². The van der Waals surface area contributed by atoms with Crippen molar-refractivity contribution in [1.29, 1.82) is 0 Å². The summed E-state index contributed by atoms with van der Waals surface area (Å²) in [5, 5.41) is 17.5. The van der Waals surface area contributed by atoms with Crippen molar-refractivity contribution in [3.8, 4) is 5.69 Å². The number of amides is 1. The lowest BCUT2D eigenvalue weighted by atomic mass is 9.94. The van der Waals surface area contributed by atoms with Crippen LogP contribution in [0, 0.1) is 0 Å². The molecule has 3 aromatic rings. The molecule has 1 aromatic heterocycles. The molecule has 0 saturated heterocycles. The number of hydrogen-bond donors (Lipinski definition) is 1. The van der Waals surface area contributed by atoms with E-state index >= 15 is 0 Å². The fourth-order valence-electron chi connectivity index (χ4n) is 3.17. The number of carbonyl (C=O) groups is 2. The van der Waals surface area contributed by atoms with Crippen molar-refractivity contribution in [2.45, 2.75) is 19.0 Å². The second-order valence-corrected chi connectivity index (χ2v) is 6.14. The van der Waals surface area contributed by atoms with Crippen molar-refractivity contribution >= 4 is 11.9 Å². The first kappa shape index (κ1) is 16.0. The molecule has 7 heteroatoms. The molecule has 1 aliphatic heterocycles. The van der Waals surface area contributed by atoms with Crippen molar-refractivity contribution in [3.63, 3.8) is 0 Å². The van der Waals surface area contributed by atoms with Gasteiger partial charge in [-0.15, -0.1) is 5.10 Å². The van der Waals surface area contributed by atoms with Gasteiger partial charge in [0.15, 0.2) is 5.69 Å². The van der Waals surface area contributed by atoms with Crippen LogP contribution in [0.2, 0.25) is 0 Å². The van der Waals surface area contributed by atoms with Crippen LogP contribution in [0.3, 0.4) is 0 Å². The molecule has 1 unspecified atom stereocenters. The molecule has 1 atom stereocenters. The molecular weight excluding hydrogens is 332 g/mol. The number of rotatable bonds is 3. The van der Waals surface area contributed by atoms with Gasteiger partial charge >= 0.3 is 5.97 Å². The third-order valence-electron chi connectivity index (χ3n) is 4.53. The summed E-state index contributed by atoms with van der Waals surface area (Å²) in [6.45, 7) is 0.240. The number of fused-ring (bicyclic) bond motifs is 1. The van der Waals surface area contributed by atoms with Gasteiger partial charge < -0.3 is 10.0 Å². The van der Waals surface area contributed by atoms with Crippen LogP contribution in [-0.4, -0.2) is 42.9 Å². The van der Waals surface area contributed by atoms with E-state index in [1.807, 2.05) is 54.6 Å². The van der Waals surface area contributed by atoms with Crippen LogP contribution in [0.25, 0.3) is 5.69 Å². The number of carbonyl (C=O) groups excluding carboxylic acids is 1. The van der Waals surface area contributed by atoms with Gasteiger partial charge in [-0.1, -0.05) is 47.7 Å². The number of para-hydroxylation sites is 1. The Bertz CT molecular complexity index is 968. The number of aromatic nitrogens is 3. The average Bonchev–Trinajstić information content (AvgIpc) is 3.17. The Labute approximate surface area is 149 Å². The highest BCUT2D eigenvalue weighted by Crippen LogP contribution is 2.25. The molecule has 0 saturated carbocycles. The average molecular weight is 348 g/mol. The Morgan fingerprint density at radius 1 is 1.00 bits per heavy atom. The van der Waals surface area contributed by atoms with E-state index in [0.29, 0.717) is 0 Å². The standard InChI is InChI=1S/C19H16N4O3/c24-18(16-12-23(21-20-16)15-8-2-1-3-9-15)22-11-14-7-5-4-6-13(14)10-17(22)19(25)26/h1-9,12,17H,10-11H2,(H,25,26). The maximum absolute atomic E-state index is 12.9. The molecule has 1 N–H and O–H groups in total. The Balaban J connectivity index is 1.65. The van der Waals surface area contributed by atoms with Gasteiger partial charge in [-0.3, -0.25) is 4.79 Å². The molecule has 26 heavy (non-hydrogen) atoms. The van der Waals surface area contributed by atoms with Crippen molar-refractivity contribution in [3.05, 3.63) is 77.6 Å². The van der Waals surface area contributed by atoms with E-state index in [0.717, 1.165) is 16.8 Å². The Kier molecular flexibility index (Phi) is 3.96.